The van der Waals surface area contributed by atoms with Crippen molar-refractivity contribution in [2.24, 2.45) is 0 Å². The minimum atomic E-state index is -3.60. The molecule has 2 fully saturated rings. The van der Waals surface area contributed by atoms with Crippen molar-refractivity contribution < 1.29 is 13.2 Å². The van der Waals surface area contributed by atoms with Gasteiger partial charge in [0.1, 0.15) is 0 Å². The number of hydrogen-bond acceptors (Lipinski definition) is 5. The van der Waals surface area contributed by atoms with Gasteiger partial charge in [0.05, 0.1) is 10.5 Å². The first-order chi connectivity index (χ1) is 13.9. The van der Waals surface area contributed by atoms with Crippen LogP contribution in [0.3, 0.4) is 0 Å². The Bertz CT molecular complexity index is 988. The largest absolute Gasteiger partial charge is 0.336 e. The minimum absolute atomic E-state index is 0.0243. The Morgan fingerprint density at radius 1 is 1.10 bits per heavy atom. The third-order valence-electron chi connectivity index (χ3n) is 5.19. The number of nitrogens with one attached hydrogen (secondary N) is 1. The van der Waals surface area contributed by atoms with Gasteiger partial charge in [-0.2, -0.15) is 0 Å². The first kappa shape index (κ1) is 20.5. The summed E-state index contributed by atoms with van der Waals surface area (Å²) in [6.07, 6.45) is 5.30. The second kappa shape index (κ2) is 8.51. The number of benzene rings is 1. The number of sulfonamides is 1. The van der Waals surface area contributed by atoms with E-state index >= 15 is 0 Å². The summed E-state index contributed by atoms with van der Waals surface area (Å²) >= 11 is 3.40. The van der Waals surface area contributed by atoms with Gasteiger partial charge in [-0.05, 0) is 64.7 Å². The average molecular weight is 479 g/mol. The molecule has 0 unspecified atom stereocenters. The summed E-state index contributed by atoms with van der Waals surface area (Å²) in [7, 11) is -3.60. The zero-order valence-corrected chi connectivity index (χ0v) is 18.3. The summed E-state index contributed by atoms with van der Waals surface area (Å²) in [6.45, 7) is 3.58. The molecule has 1 N–H and O–H groups in total. The fraction of sp³-hybridized carbons (Fsp3) is 0.400. The fourth-order valence-electron chi connectivity index (χ4n) is 3.35. The summed E-state index contributed by atoms with van der Waals surface area (Å²) < 4.78 is 28.3. The summed E-state index contributed by atoms with van der Waals surface area (Å²) in [4.78, 5) is 21.3. The highest BCUT2D eigenvalue weighted by atomic mass is 79.9. The minimum Gasteiger partial charge on any atom is -0.336 e. The molecule has 0 radical (unpaired) electrons. The lowest BCUT2D eigenvalue weighted by Gasteiger charge is -2.35. The zero-order valence-electron chi connectivity index (χ0n) is 15.9. The number of carbonyl (C=O) groups excluding carboxylic acids is 1. The number of rotatable bonds is 6. The van der Waals surface area contributed by atoms with E-state index in [4.69, 9.17) is 0 Å². The Balaban J connectivity index is 1.42. The molecule has 1 aromatic heterocycles. The van der Waals surface area contributed by atoms with E-state index in [1.54, 1.807) is 23.4 Å². The molecule has 1 aromatic carbocycles. The van der Waals surface area contributed by atoms with Crippen LogP contribution in [0.2, 0.25) is 0 Å². The quantitative estimate of drug-likeness (QED) is 0.688. The standard InChI is InChI=1S/C20H23BrN4O3S/c21-19-4-3-17(29(27,28)23-16-1-2-16)13-18(19)20(26)25-11-9-24(10-12-25)14-15-5-7-22-8-6-15/h3-8,13,16,23H,1-2,9-12,14H2. The van der Waals surface area contributed by atoms with Crippen LogP contribution in [0.15, 0.2) is 52.1 Å². The van der Waals surface area contributed by atoms with Crippen molar-refractivity contribution in [3.05, 3.63) is 58.3 Å². The molecule has 1 aliphatic carbocycles. The highest BCUT2D eigenvalue weighted by Crippen LogP contribution is 2.26. The SMILES string of the molecule is O=C(c1cc(S(=O)(=O)NC2CC2)ccc1Br)N1CCN(Cc2ccncc2)CC1. The van der Waals surface area contributed by atoms with Gasteiger partial charge in [-0.1, -0.05) is 0 Å². The van der Waals surface area contributed by atoms with Gasteiger partial charge in [-0.15, -0.1) is 0 Å². The molecule has 0 atom stereocenters. The van der Waals surface area contributed by atoms with E-state index < -0.39 is 10.0 Å². The third-order valence-corrected chi connectivity index (χ3v) is 7.40. The number of piperazine rings is 1. The fourth-order valence-corrected chi connectivity index (χ4v) is 5.10. The summed E-state index contributed by atoms with van der Waals surface area (Å²) in [6, 6.07) is 8.65. The molecular weight excluding hydrogens is 456 g/mol. The second-order valence-electron chi connectivity index (χ2n) is 7.46. The Hall–Kier alpha value is -1.81. The second-order valence-corrected chi connectivity index (χ2v) is 10.0. The summed E-state index contributed by atoms with van der Waals surface area (Å²) in [5.41, 5.74) is 1.58. The molecule has 0 spiro atoms. The predicted octanol–water partition coefficient (Wildman–Crippen LogP) is 2.24. The van der Waals surface area contributed by atoms with Crippen molar-refractivity contribution >= 4 is 31.9 Å². The maximum absolute atomic E-state index is 13.1. The topological polar surface area (TPSA) is 82.6 Å². The van der Waals surface area contributed by atoms with Gasteiger partial charge < -0.3 is 4.90 Å². The van der Waals surface area contributed by atoms with Crippen molar-refractivity contribution in [2.45, 2.75) is 30.3 Å². The molecule has 1 saturated carbocycles. The maximum Gasteiger partial charge on any atom is 0.255 e. The van der Waals surface area contributed by atoms with Crippen LogP contribution in [0.4, 0.5) is 0 Å². The molecule has 7 nitrogen and oxygen atoms in total. The Morgan fingerprint density at radius 3 is 2.45 bits per heavy atom. The van der Waals surface area contributed by atoms with Crippen molar-refractivity contribution in [2.75, 3.05) is 26.2 Å². The molecule has 1 aliphatic heterocycles. The Kier molecular flexibility index (Phi) is 6.00. The van der Waals surface area contributed by atoms with Gasteiger partial charge in [-0.3, -0.25) is 14.7 Å². The van der Waals surface area contributed by atoms with Gasteiger partial charge in [0.15, 0.2) is 0 Å². The summed E-state index contributed by atoms with van der Waals surface area (Å²) in [5.74, 6) is -0.149. The van der Waals surface area contributed by atoms with Crippen molar-refractivity contribution in [1.82, 2.24) is 19.5 Å². The van der Waals surface area contributed by atoms with Crippen molar-refractivity contribution in [3.8, 4) is 0 Å². The van der Waals surface area contributed by atoms with Crippen LogP contribution >= 0.6 is 15.9 Å². The molecule has 0 bridgehead atoms. The lowest BCUT2D eigenvalue weighted by molar-refractivity contribution is 0.0627. The van der Waals surface area contributed by atoms with Crippen molar-refractivity contribution in [3.63, 3.8) is 0 Å². The average Bonchev–Trinajstić information content (AvgIpc) is 3.52. The molecular formula is C20H23BrN4O3S. The van der Waals surface area contributed by atoms with Crippen LogP contribution < -0.4 is 4.72 Å². The normalized spacial score (nSPS) is 18.0. The van der Waals surface area contributed by atoms with Gasteiger partial charge in [0.25, 0.3) is 5.91 Å². The van der Waals surface area contributed by atoms with Crippen molar-refractivity contribution in [1.29, 1.82) is 0 Å². The van der Waals surface area contributed by atoms with Crippen LogP contribution in [0.25, 0.3) is 0 Å². The number of amides is 1. The molecule has 4 rings (SSSR count). The molecule has 1 amide bonds. The van der Waals surface area contributed by atoms with E-state index in [2.05, 4.69) is 30.5 Å². The lowest BCUT2D eigenvalue weighted by atomic mass is 10.1. The monoisotopic (exact) mass is 478 g/mol. The Labute approximate surface area is 179 Å². The highest BCUT2D eigenvalue weighted by Gasteiger charge is 2.29. The molecule has 1 saturated heterocycles. The van der Waals surface area contributed by atoms with E-state index in [0.29, 0.717) is 23.1 Å². The van der Waals surface area contributed by atoms with Gasteiger partial charge in [0, 0.05) is 55.6 Å². The number of aromatic nitrogens is 1. The van der Waals surface area contributed by atoms with Gasteiger partial charge >= 0.3 is 0 Å². The van der Waals surface area contributed by atoms with Crippen LogP contribution in [0.1, 0.15) is 28.8 Å². The lowest BCUT2D eigenvalue weighted by Crippen LogP contribution is -2.48. The number of carbonyl (C=O) groups is 1. The van der Waals surface area contributed by atoms with E-state index in [1.807, 2.05) is 12.1 Å². The number of halogens is 1. The molecule has 29 heavy (non-hydrogen) atoms. The molecule has 9 heteroatoms. The Morgan fingerprint density at radius 2 is 1.79 bits per heavy atom. The van der Waals surface area contributed by atoms with Crippen LogP contribution in [0.5, 0.6) is 0 Å². The van der Waals surface area contributed by atoms with Crippen LogP contribution in [0, 0.1) is 0 Å². The van der Waals surface area contributed by atoms with E-state index in [1.165, 1.54) is 17.7 Å². The molecule has 2 aromatic rings. The molecule has 154 valence electrons. The van der Waals surface area contributed by atoms with E-state index in [0.717, 1.165) is 32.5 Å². The predicted molar refractivity (Wildman–Crippen MR) is 113 cm³/mol. The number of nitrogens with zero attached hydrogens (tertiary/aromatic N) is 3. The zero-order chi connectivity index (χ0) is 20.4. The smallest absolute Gasteiger partial charge is 0.255 e. The molecule has 2 heterocycles. The third kappa shape index (κ3) is 5.03. The number of pyridine rings is 1. The molecule has 2 aliphatic rings. The summed E-state index contributed by atoms with van der Waals surface area (Å²) in [5, 5.41) is 0. The first-order valence-electron chi connectivity index (χ1n) is 9.65. The van der Waals surface area contributed by atoms with Crippen LogP contribution in [-0.2, 0) is 16.6 Å². The van der Waals surface area contributed by atoms with E-state index in [-0.39, 0.29) is 16.8 Å². The highest BCUT2D eigenvalue weighted by molar-refractivity contribution is 9.10. The van der Waals surface area contributed by atoms with E-state index in [9.17, 15) is 13.2 Å². The first-order valence-corrected chi connectivity index (χ1v) is 11.9. The van der Waals surface area contributed by atoms with Gasteiger partial charge in [0.2, 0.25) is 10.0 Å². The maximum atomic E-state index is 13.1. The van der Waals surface area contributed by atoms with Crippen LogP contribution in [-0.4, -0.2) is 61.3 Å². The van der Waals surface area contributed by atoms with Gasteiger partial charge in [-0.25, -0.2) is 13.1 Å². The number of hydrogen-bond donors (Lipinski definition) is 1.